The number of nitrogens with zero attached hydrogens (tertiary/aromatic N) is 2. The van der Waals surface area contributed by atoms with Crippen LogP contribution in [0.25, 0.3) is 43.6 Å². The fourth-order valence-corrected chi connectivity index (χ4v) is 8.69. The Morgan fingerprint density at radius 3 is 1.18 bits per heavy atom. The first-order valence-electron chi connectivity index (χ1n) is 20.4. The summed E-state index contributed by atoms with van der Waals surface area (Å²) in [6.07, 6.45) is 2.18. The van der Waals surface area contributed by atoms with Gasteiger partial charge in [0.25, 0.3) is 11.8 Å². The third-order valence-corrected chi connectivity index (χ3v) is 11.8. The summed E-state index contributed by atoms with van der Waals surface area (Å²) in [5.41, 5.74) is 9.21. The smallest absolute Gasteiger partial charge is 0.253 e. The summed E-state index contributed by atoms with van der Waals surface area (Å²) >= 11 is 0. The Bertz CT molecular complexity index is 3230. The van der Waals surface area contributed by atoms with E-state index < -0.39 is 20.0 Å². The number of carbonyl (C=O) groups is 2. The van der Waals surface area contributed by atoms with Crippen LogP contribution in [0.1, 0.15) is 31.8 Å². The van der Waals surface area contributed by atoms with E-state index >= 15 is 0 Å². The molecule has 0 bridgehead atoms. The highest BCUT2D eigenvalue weighted by Crippen LogP contribution is 2.40. The molecule has 0 aliphatic rings. The number of para-hydroxylation sites is 4. The van der Waals surface area contributed by atoms with Gasteiger partial charge in [0.15, 0.2) is 0 Å². The Labute approximate surface area is 382 Å². The Kier molecular flexibility index (Phi) is 13.2. The number of sulfonamides is 2. The van der Waals surface area contributed by atoms with Crippen molar-refractivity contribution in [1.82, 2.24) is 20.6 Å². The van der Waals surface area contributed by atoms with Gasteiger partial charge in [0.05, 0.1) is 94.0 Å². The summed E-state index contributed by atoms with van der Waals surface area (Å²) in [6, 6.07) is 32.7. The third-order valence-electron chi connectivity index (χ3n) is 10.5. The van der Waals surface area contributed by atoms with Crippen LogP contribution in [-0.2, 0) is 20.0 Å². The van der Waals surface area contributed by atoms with Gasteiger partial charge >= 0.3 is 0 Å². The first-order chi connectivity index (χ1) is 31.4. The van der Waals surface area contributed by atoms with E-state index in [9.17, 15) is 26.4 Å². The molecule has 0 fully saturated rings. The number of ether oxygens (including phenoxy) is 2. The lowest BCUT2D eigenvalue weighted by Crippen LogP contribution is -2.18. The maximum Gasteiger partial charge on any atom is 0.253 e. The Morgan fingerprint density at radius 1 is 0.500 bits per heavy atom. The Morgan fingerprint density at radius 2 is 0.848 bits per heavy atom. The van der Waals surface area contributed by atoms with E-state index in [1.54, 1.807) is 62.6 Å². The molecule has 0 spiro atoms. The topological polar surface area (TPSA) is 219 Å². The fourth-order valence-electron chi connectivity index (χ4n) is 7.58. The number of aromatic nitrogens is 2. The van der Waals surface area contributed by atoms with Crippen molar-refractivity contribution >= 4 is 110 Å². The van der Waals surface area contributed by atoms with Crippen LogP contribution < -0.4 is 40.2 Å². The minimum atomic E-state index is -3.42. The van der Waals surface area contributed by atoms with Crippen molar-refractivity contribution in [3.8, 4) is 11.5 Å². The zero-order valence-electron chi connectivity index (χ0n) is 37.4. The van der Waals surface area contributed by atoms with Crippen LogP contribution in [0, 0.1) is 13.8 Å². The molecule has 8 aromatic rings. The molecule has 18 heteroatoms. The van der Waals surface area contributed by atoms with Gasteiger partial charge in [-0.05, 0) is 61.4 Å². The minimum absolute atomic E-state index is 0.222. The summed E-state index contributed by atoms with van der Waals surface area (Å²) in [6.45, 7) is 3.94. The lowest BCUT2D eigenvalue weighted by Gasteiger charge is -2.18. The summed E-state index contributed by atoms with van der Waals surface area (Å²) in [5.74, 6) is 0.468. The van der Waals surface area contributed by atoms with Gasteiger partial charge in [-0.25, -0.2) is 26.8 Å². The van der Waals surface area contributed by atoms with Gasteiger partial charge in [-0.1, -0.05) is 60.7 Å². The number of pyridine rings is 2. The second kappa shape index (κ2) is 18.8. The molecule has 8 rings (SSSR count). The van der Waals surface area contributed by atoms with Gasteiger partial charge < -0.3 is 30.7 Å². The van der Waals surface area contributed by atoms with E-state index in [4.69, 9.17) is 19.4 Å². The summed E-state index contributed by atoms with van der Waals surface area (Å²) in [5, 5.41) is 15.5. The van der Waals surface area contributed by atoms with E-state index in [-0.39, 0.29) is 11.8 Å². The van der Waals surface area contributed by atoms with Crippen LogP contribution in [-0.4, -0.2) is 79.4 Å². The number of aryl methyl sites for hydroxylation is 2. The van der Waals surface area contributed by atoms with Crippen LogP contribution in [0.15, 0.2) is 109 Å². The number of methoxy groups -OCH3 is 2. The molecule has 2 aromatic heterocycles. The molecule has 0 aliphatic heterocycles. The highest BCUT2D eigenvalue weighted by Gasteiger charge is 2.20. The molecule has 2 amide bonds. The predicted octanol–water partition coefficient (Wildman–Crippen LogP) is 8.36. The number of carbonyl (C=O) groups excluding carboxylic acids is 2. The molecule has 2 heterocycles. The molecule has 0 unspecified atom stereocenters. The third kappa shape index (κ3) is 9.84. The van der Waals surface area contributed by atoms with Crippen molar-refractivity contribution in [2.45, 2.75) is 13.8 Å². The fraction of sp³-hybridized carbons (Fsp3) is 0.167. The van der Waals surface area contributed by atoms with Crippen molar-refractivity contribution in [1.29, 1.82) is 0 Å². The summed E-state index contributed by atoms with van der Waals surface area (Å²) in [7, 11) is -0.644. The molecular weight excluding hydrogens is 881 g/mol. The molecular formula is C48H48N8O8S2. The summed E-state index contributed by atoms with van der Waals surface area (Å²) < 4.78 is 62.4. The molecule has 6 N–H and O–H groups in total. The molecule has 340 valence electrons. The largest absolute Gasteiger partial charge is 0.494 e. The maximum atomic E-state index is 12.5. The highest BCUT2D eigenvalue weighted by molar-refractivity contribution is 7.92. The van der Waals surface area contributed by atoms with Crippen LogP contribution in [0.5, 0.6) is 11.5 Å². The monoisotopic (exact) mass is 928 g/mol. The number of benzene rings is 6. The van der Waals surface area contributed by atoms with Crippen LogP contribution in [0.2, 0.25) is 0 Å². The number of fused-ring (bicyclic) bond motifs is 4. The van der Waals surface area contributed by atoms with Crippen molar-refractivity contribution in [3.63, 3.8) is 0 Å². The molecule has 16 nitrogen and oxygen atoms in total. The predicted molar refractivity (Wildman–Crippen MR) is 264 cm³/mol. The number of rotatable bonds is 12. The Balaban J connectivity index is 0.000000196. The van der Waals surface area contributed by atoms with Gasteiger partial charge in [-0.15, -0.1) is 0 Å². The van der Waals surface area contributed by atoms with Crippen molar-refractivity contribution < 1.29 is 35.9 Å². The van der Waals surface area contributed by atoms with Gasteiger partial charge in [0.2, 0.25) is 20.0 Å². The number of hydrogen-bond donors (Lipinski definition) is 6. The number of amides is 2. The first-order valence-corrected chi connectivity index (χ1v) is 24.2. The molecule has 0 saturated carbocycles. The molecule has 0 aliphatic carbocycles. The Hall–Kier alpha value is -7.70. The molecule has 6 aromatic carbocycles. The van der Waals surface area contributed by atoms with E-state index in [0.29, 0.717) is 56.4 Å². The number of anilines is 6. The quantitative estimate of drug-likeness (QED) is 0.0637. The van der Waals surface area contributed by atoms with E-state index in [1.807, 2.05) is 74.5 Å². The second-order valence-electron chi connectivity index (χ2n) is 15.3. The lowest BCUT2D eigenvalue weighted by atomic mass is 10.0. The average Bonchev–Trinajstić information content (AvgIpc) is 3.28. The molecule has 66 heavy (non-hydrogen) atoms. The zero-order chi connectivity index (χ0) is 47.5. The van der Waals surface area contributed by atoms with Crippen LogP contribution in [0.4, 0.5) is 34.1 Å². The van der Waals surface area contributed by atoms with Gasteiger partial charge in [0.1, 0.15) is 11.5 Å². The van der Waals surface area contributed by atoms with Crippen LogP contribution >= 0.6 is 0 Å². The van der Waals surface area contributed by atoms with Gasteiger partial charge in [-0.3, -0.25) is 19.0 Å². The molecule has 0 radical (unpaired) electrons. The first kappa shape index (κ1) is 46.3. The van der Waals surface area contributed by atoms with Gasteiger partial charge in [0, 0.05) is 47.8 Å². The highest BCUT2D eigenvalue weighted by atomic mass is 32.2. The number of nitrogens with one attached hydrogen (secondary N) is 6. The normalized spacial score (nSPS) is 11.4. The molecule has 0 saturated heterocycles. The number of hydrogen-bond acceptors (Lipinski definition) is 12. The lowest BCUT2D eigenvalue weighted by molar-refractivity contribution is 0.0956. The second-order valence-corrected chi connectivity index (χ2v) is 18.8. The van der Waals surface area contributed by atoms with Gasteiger partial charge in [-0.2, -0.15) is 0 Å². The van der Waals surface area contributed by atoms with Crippen molar-refractivity contribution in [2.24, 2.45) is 0 Å². The van der Waals surface area contributed by atoms with E-state index in [2.05, 4.69) is 30.7 Å². The van der Waals surface area contributed by atoms with Crippen LogP contribution in [0.3, 0.4) is 0 Å². The average molecular weight is 929 g/mol. The minimum Gasteiger partial charge on any atom is -0.494 e. The zero-order valence-corrected chi connectivity index (χ0v) is 39.0. The van der Waals surface area contributed by atoms with E-state index in [1.165, 1.54) is 14.2 Å². The summed E-state index contributed by atoms with van der Waals surface area (Å²) in [4.78, 5) is 34.7. The maximum absolute atomic E-state index is 12.5. The SMILES string of the molecule is CNC(=O)c1cccc2c(Nc3ccc(NS(C)(=O)=O)cc3OC)c3cccc(C)c3nc12.CNC(=O)c1cccc2c(Nc3ccc(NS(C)(=O)=O)cc3OC)c3cccc(C)c3nc12. The standard InChI is InChI=1S/2C24H24N4O4S/c2*1-14-7-5-8-16-21(14)27-23-17(9-6-10-18(23)24(29)25-2)22(16)26-19-12-11-15(13-20(19)32-3)28-33(4,30)31/h2*5-13,28H,1-4H3,(H,25,29)(H,26,27). The van der Waals surface area contributed by atoms with Crippen molar-refractivity contribution in [2.75, 3.05) is 60.9 Å². The molecule has 0 atom stereocenters. The van der Waals surface area contributed by atoms with Crippen molar-refractivity contribution in [3.05, 3.63) is 131 Å². The van der Waals surface area contributed by atoms with E-state index in [0.717, 1.165) is 67.6 Å².